The summed E-state index contributed by atoms with van der Waals surface area (Å²) in [6.07, 6.45) is 0. The van der Waals surface area contributed by atoms with Gasteiger partial charge in [-0.3, -0.25) is 4.79 Å². The summed E-state index contributed by atoms with van der Waals surface area (Å²) in [5.41, 5.74) is 4.14. The number of aromatic nitrogens is 2. The Morgan fingerprint density at radius 3 is 2.41 bits per heavy atom. The van der Waals surface area contributed by atoms with Crippen molar-refractivity contribution in [1.82, 2.24) is 10.2 Å². The highest BCUT2D eigenvalue weighted by Gasteiger charge is 2.13. The minimum absolute atomic E-state index is 0.128. The highest BCUT2D eigenvalue weighted by Crippen LogP contribution is 2.33. The number of rotatable bonds is 5. The summed E-state index contributed by atoms with van der Waals surface area (Å²) in [7, 11) is 0. The molecule has 4 nitrogen and oxygen atoms in total. The van der Waals surface area contributed by atoms with Crippen LogP contribution in [0.15, 0.2) is 77.8 Å². The van der Waals surface area contributed by atoms with Crippen molar-refractivity contribution in [1.29, 1.82) is 0 Å². The first-order valence-electron chi connectivity index (χ1n) is 9.53. The Hall–Kier alpha value is -3.18. The van der Waals surface area contributed by atoms with Crippen LogP contribution in [0.5, 0.6) is 0 Å². The summed E-state index contributed by atoms with van der Waals surface area (Å²) in [6, 6.07) is 23.4. The molecular formula is C24H21N3OS. The maximum absolute atomic E-state index is 12.6. The van der Waals surface area contributed by atoms with Crippen molar-refractivity contribution in [2.24, 2.45) is 0 Å². The molecule has 4 aromatic rings. The Morgan fingerprint density at radius 2 is 1.66 bits per heavy atom. The van der Waals surface area contributed by atoms with E-state index in [0.717, 1.165) is 44.1 Å². The number of aryl methyl sites for hydroxylation is 1. The van der Waals surface area contributed by atoms with Crippen LogP contribution in [0.25, 0.3) is 22.0 Å². The third-order valence-electron chi connectivity index (χ3n) is 4.73. The zero-order valence-corrected chi connectivity index (χ0v) is 17.2. The van der Waals surface area contributed by atoms with Gasteiger partial charge in [0.05, 0.1) is 0 Å². The number of nitrogens with zero attached hydrogens (tertiary/aromatic N) is 2. The molecule has 0 aliphatic heterocycles. The van der Waals surface area contributed by atoms with E-state index in [0.29, 0.717) is 5.56 Å². The van der Waals surface area contributed by atoms with Crippen LogP contribution in [0.3, 0.4) is 0 Å². The van der Waals surface area contributed by atoms with E-state index in [1.165, 1.54) is 0 Å². The molecule has 0 spiro atoms. The third kappa shape index (κ3) is 4.00. The summed E-state index contributed by atoms with van der Waals surface area (Å²) in [5.74, 6) is 0.814. The van der Waals surface area contributed by atoms with Gasteiger partial charge in [-0.25, -0.2) is 0 Å². The molecule has 0 fully saturated rings. The lowest BCUT2D eigenvalue weighted by atomic mass is 10.0. The van der Waals surface area contributed by atoms with E-state index in [2.05, 4.69) is 34.6 Å². The standard InChI is InChI=1S/C24H21N3OS/c1-3-29-24-20-12-8-7-11-19(20)22(26-27-24)18-14-13-16(2)21(15-18)25-23(28)17-9-5-4-6-10-17/h4-15H,3H2,1-2H3,(H,25,28). The van der Waals surface area contributed by atoms with Crippen LogP contribution in [0, 0.1) is 6.92 Å². The zero-order chi connectivity index (χ0) is 20.2. The normalized spacial score (nSPS) is 10.8. The number of amides is 1. The molecular weight excluding hydrogens is 378 g/mol. The summed E-state index contributed by atoms with van der Waals surface area (Å²) in [6.45, 7) is 4.09. The molecule has 0 bridgehead atoms. The molecule has 1 amide bonds. The number of fused-ring (bicyclic) bond motifs is 1. The summed E-state index contributed by atoms with van der Waals surface area (Å²) >= 11 is 1.69. The first kappa shape index (κ1) is 19.2. The van der Waals surface area contributed by atoms with Crippen molar-refractivity contribution < 1.29 is 4.79 Å². The van der Waals surface area contributed by atoms with Gasteiger partial charge in [-0.05, 0) is 36.4 Å². The molecule has 0 atom stereocenters. The van der Waals surface area contributed by atoms with Crippen molar-refractivity contribution >= 4 is 34.1 Å². The predicted molar refractivity (Wildman–Crippen MR) is 121 cm³/mol. The molecule has 0 aliphatic rings. The van der Waals surface area contributed by atoms with Gasteiger partial charge >= 0.3 is 0 Å². The van der Waals surface area contributed by atoms with E-state index in [1.807, 2.05) is 55.5 Å². The molecule has 1 N–H and O–H groups in total. The molecule has 0 saturated carbocycles. The SMILES string of the molecule is CCSc1nnc(-c2ccc(C)c(NC(=O)c3ccccc3)c2)c2ccccc12. The van der Waals surface area contributed by atoms with Crippen molar-refractivity contribution in [3.05, 3.63) is 83.9 Å². The largest absolute Gasteiger partial charge is 0.322 e. The van der Waals surface area contributed by atoms with E-state index in [9.17, 15) is 4.79 Å². The first-order valence-corrected chi connectivity index (χ1v) is 10.5. The predicted octanol–water partition coefficient (Wildman–Crippen LogP) is 5.97. The Labute approximate surface area is 174 Å². The fourth-order valence-corrected chi connectivity index (χ4v) is 3.93. The van der Waals surface area contributed by atoms with E-state index < -0.39 is 0 Å². The third-order valence-corrected chi connectivity index (χ3v) is 5.59. The maximum Gasteiger partial charge on any atom is 0.255 e. The lowest BCUT2D eigenvalue weighted by Gasteiger charge is -2.12. The average molecular weight is 400 g/mol. The fraction of sp³-hybridized carbons (Fsp3) is 0.125. The molecule has 0 unspecified atom stereocenters. The number of nitrogens with one attached hydrogen (secondary N) is 1. The summed E-state index contributed by atoms with van der Waals surface area (Å²) in [5, 5.41) is 15.1. The highest BCUT2D eigenvalue weighted by molar-refractivity contribution is 7.99. The number of anilines is 1. The second-order valence-corrected chi connectivity index (χ2v) is 7.93. The molecule has 1 heterocycles. The zero-order valence-electron chi connectivity index (χ0n) is 16.3. The van der Waals surface area contributed by atoms with Crippen LogP contribution < -0.4 is 5.32 Å². The van der Waals surface area contributed by atoms with E-state index >= 15 is 0 Å². The van der Waals surface area contributed by atoms with Crippen LogP contribution in [0.4, 0.5) is 5.69 Å². The highest BCUT2D eigenvalue weighted by atomic mass is 32.2. The first-order chi connectivity index (χ1) is 14.2. The number of carbonyl (C=O) groups is 1. The smallest absolute Gasteiger partial charge is 0.255 e. The second kappa shape index (κ2) is 8.45. The second-order valence-electron chi connectivity index (χ2n) is 6.68. The number of thioether (sulfide) groups is 1. The van der Waals surface area contributed by atoms with E-state index in [1.54, 1.807) is 23.9 Å². The molecule has 1 aromatic heterocycles. The van der Waals surface area contributed by atoms with Gasteiger partial charge in [-0.15, -0.1) is 22.0 Å². The van der Waals surface area contributed by atoms with Gasteiger partial charge in [0.2, 0.25) is 0 Å². The number of benzene rings is 3. The number of carbonyl (C=O) groups excluding carboxylic acids is 1. The molecule has 29 heavy (non-hydrogen) atoms. The van der Waals surface area contributed by atoms with Gasteiger partial charge in [0.25, 0.3) is 5.91 Å². The summed E-state index contributed by atoms with van der Waals surface area (Å²) in [4.78, 5) is 12.6. The summed E-state index contributed by atoms with van der Waals surface area (Å²) < 4.78 is 0. The van der Waals surface area contributed by atoms with Crippen molar-refractivity contribution in [3.8, 4) is 11.3 Å². The van der Waals surface area contributed by atoms with Gasteiger partial charge < -0.3 is 5.32 Å². The molecule has 5 heteroatoms. The monoisotopic (exact) mass is 399 g/mol. The van der Waals surface area contributed by atoms with Gasteiger partial charge in [-0.2, -0.15) is 0 Å². The van der Waals surface area contributed by atoms with Crippen LogP contribution >= 0.6 is 11.8 Å². The average Bonchev–Trinajstić information content (AvgIpc) is 2.76. The minimum atomic E-state index is -0.128. The van der Waals surface area contributed by atoms with Gasteiger partial charge in [0, 0.05) is 27.6 Å². The molecule has 3 aromatic carbocycles. The fourth-order valence-electron chi connectivity index (χ4n) is 3.22. The molecule has 144 valence electrons. The van der Waals surface area contributed by atoms with Crippen LogP contribution in [-0.2, 0) is 0 Å². The van der Waals surface area contributed by atoms with Crippen molar-refractivity contribution in [2.45, 2.75) is 18.9 Å². The van der Waals surface area contributed by atoms with Crippen LogP contribution in [0.2, 0.25) is 0 Å². The molecule has 4 rings (SSSR count). The quantitative estimate of drug-likeness (QED) is 0.420. The topological polar surface area (TPSA) is 54.9 Å². The lowest BCUT2D eigenvalue weighted by Crippen LogP contribution is -2.12. The van der Waals surface area contributed by atoms with Gasteiger partial charge in [0.15, 0.2) is 0 Å². The minimum Gasteiger partial charge on any atom is -0.322 e. The van der Waals surface area contributed by atoms with E-state index in [-0.39, 0.29) is 5.91 Å². The van der Waals surface area contributed by atoms with Gasteiger partial charge in [0.1, 0.15) is 10.7 Å². The van der Waals surface area contributed by atoms with E-state index in [4.69, 9.17) is 0 Å². The Kier molecular flexibility index (Phi) is 5.58. The van der Waals surface area contributed by atoms with Crippen LogP contribution in [-0.4, -0.2) is 21.9 Å². The van der Waals surface area contributed by atoms with Crippen LogP contribution in [0.1, 0.15) is 22.8 Å². The van der Waals surface area contributed by atoms with Crippen molar-refractivity contribution in [2.75, 3.05) is 11.1 Å². The van der Waals surface area contributed by atoms with Crippen molar-refractivity contribution in [3.63, 3.8) is 0 Å². The molecule has 0 saturated heterocycles. The Bertz CT molecular complexity index is 1180. The Balaban J connectivity index is 1.74. The van der Waals surface area contributed by atoms with Gasteiger partial charge in [-0.1, -0.05) is 61.5 Å². The Morgan fingerprint density at radius 1 is 0.931 bits per heavy atom. The number of hydrogen-bond acceptors (Lipinski definition) is 4. The lowest BCUT2D eigenvalue weighted by molar-refractivity contribution is 0.102. The maximum atomic E-state index is 12.6. The number of hydrogen-bond donors (Lipinski definition) is 1. The molecule has 0 aliphatic carbocycles. The molecule has 0 radical (unpaired) electrons.